The van der Waals surface area contributed by atoms with Crippen molar-refractivity contribution in [1.82, 2.24) is 15.5 Å². The number of H-pyrrole nitrogens is 1. The molecule has 3 rings (SSSR count). The van der Waals surface area contributed by atoms with Gasteiger partial charge in [0, 0.05) is 11.5 Å². The summed E-state index contributed by atoms with van der Waals surface area (Å²) in [6.07, 6.45) is 3.35. The third-order valence-corrected chi connectivity index (χ3v) is 4.52. The summed E-state index contributed by atoms with van der Waals surface area (Å²) in [6, 6.07) is 8.23. The van der Waals surface area contributed by atoms with Gasteiger partial charge < -0.3 is 10.4 Å². The maximum atomic E-state index is 14.4. The minimum atomic E-state index is -0.685. The van der Waals surface area contributed by atoms with Gasteiger partial charge in [-0.2, -0.15) is 5.10 Å². The molecule has 3 aromatic rings. The lowest BCUT2D eigenvalue weighted by molar-refractivity contribution is 0.0893. The van der Waals surface area contributed by atoms with E-state index in [4.69, 9.17) is 0 Å². The highest BCUT2D eigenvalue weighted by Gasteiger charge is 2.20. The molecule has 0 radical (unpaired) electrons. The molecular formula is C21H21F2N3O2. The Bertz CT molecular complexity index is 1030. The van der Waals surface area contributed by atoms with Crippen LogP contribution in [-0.4, -0.2) is 33.9 Å². The molecule has 0 aliphatic carbocycles. The van der Waals surface area contributed by atoms with E-state index in [9.17, 15) is 18.7 Å². The van der Waals surface area contributed by atoms with Crippen molar-refractivity contribution in [1.29, 1.82) is 0 Å². The van der Waals surface area contributed by atoms with Crippen LogP contribution in [0.1, 0.15) is 35.5 Å². The van der Waals surface area contributed by atoms with Crippen molar-refractivity contribution in [3.05, 3.63) is 64.9 Å². The summed E-state index contributed by atoms with van der Waals surface area (Å²) in [7, 11) is 0. The average Bonchev–Trinajstić information content (AvgIpc) is 3.05. The number of hydrogen-bond acceptors (Lipinski definition) is 3. The molecule has 0 unspecified atom stereocenters. The summed E-state index contributed by atoms with van der Waals surface area (Å²) in [5, 5.41) is 19.4. The minimum absolute atomic E-state index is 0.000528. The number of aromatic amines is 1. The van der Waals surface area contributed by atoms with Gasteiger partial charge in [-0.15, -0.1) is 0 Å². The van der Waals surface area contributed by atoms with E-state index in [0.29, 0.717) is 22.2 Å². The van der Waals surface area contributed by atoms with E-state index < -0.39 is 17.8 Å². The second-order valence-corrected chi connectivity index (χ2v) is 6.88. The van der Waals surface area contributed by atoms with Gasteiger partial charge in [0.05, 0.1) is 29.4 Å². The first-order valence-corrected chi connectivity index (χ1v) is 8.92. The summed E-state index contributed by atoms with van der Waals surface area (Å²) >= 11 is 0. The van der Waals surface area contributed by atoms with Crippen LogP contribution in [0.15, 0.2) is 36.4 Å². The highest BCUT2D eigenvalue weighted by atomic mass is 19.1. The van der Waals surface area contributed by atoms with E-state index in [1.54, 1.807) is 24.3 Å². The maximum absolute atomic E-state index is 14.4. The molecule has 0 saturated heterocycles. The molecule has 28 heavy (non-hydrogen) atoms. The zero-order valence-electron chi connectivity index (χ0n) is 15.5. The van der Waals surface area contributed by atoms with Crippen LogP contribution >= 0.6 is 0 Å². The van der Waals surface area contributed by atoms with Gasteiger partial charge in [-0.1, -0.05) is 32.1 Å². The zero-order valence-corrected chi connectivity index (χ0v) is 15.5. The lowest BCUT2D eigenvalue weighted by atomic mass is 10.0. The second-order valence-electron chi connectivity index (χ2n) is 6.88. The summed E-state index contributed by atoms with van der Waals surface area (Å²) in [6.45, 7) is 3.47. The van der Waals surface area contributed by atoms with Crippen LogP contribution in [-0.2, 0) is 0 Å². The molecule has 2 aromatic carbocycles. The first kappa shape index (κ1) is 19.7. The topological polar surface area (TPSA) is 78.0 Å². The molecule has 7 heteroatoms. The molecule has 0 spiro atoms. The number of aliphatic hydroxyl groups excluding tert-OH is 1. The van der Waals surface area contributed by atoms with Gasteiger partial charge in [-0.25, -0.2) is 8.78 Å². The summed E-state index contributed by atoms with van der Waals surface area (Å²) in [4.78, 5) is 12.5. The lowest BCUT2D eigenvalue weighted by Crippen LogP contribution is -2.41. The summed E-state index contributed by atoms with van der Waals surface area (Å²) in [5.41, 5.74) is 1.46. The Morgan fingerprint density at radius 2 is 2.04 bits per heavy atom. The van der Waals surface area contributed by atoms with Gasteiger partial charge in [0.1, 0.15) is 11.6 Å². The smallest absolute Gasteiger partial charge is 0.254 e. The first-order chi connectivity index (χ1) is 13.4. The SMILES string of the molecule is CC(C)[C@@H](CO)NC(=O)c1cc2c(C=Cc3cccc(F)c3)n[nH]c2cc1F. The van der Waals surface area contributed by atoms with Gasteiger partial charge in [-0.05, 0) is 35.8 Å². The number of carbonyl (C=O) groups is 1. The van der Waals surface area contributed by atoms with Crippen LogP contribution in [0, 0.1) is 17.6 Å². The molecular weight excluding hydrogens is 364 g/mol. The number of halogens is 2. The van der Waals surface area contributed by atoms with Crippen molar-refractivity contribution in [3.8, 4) is 0 Å². The van der Waals surface area contributed by atoms with Crippen LogP contribution in [0.2, 0.25) is 0 Å². The van der Waals surface area contributed by atoms with E-state index in [1.807, 2.05) is 13.8 Å². The first-order valence-electron chi connectivity index (χ1n) is 8.92. The van der Waals surface area contributed by atoms with Crippen LogP contribution in [0.4, 0.5) is 8.78 Å². The van der Waals surface area contributed by atoms with Gasteiger partial charge in [-0.3, -0.25) is 9.89 Å². The number of benzene rings is 2. The fourth-order valence-corrected chi connectivity index (χ4v) is 2.81. The third kappa shape index (κ3) is 4.26. The average molecular weight is 385 g/mol. The quantitative estimate of drug-likeness (QED) is 0.605. The predicted octanol–water partition coefficient (Wildman–Crippen LogP) is 3.76. The van der Waals surface area contributed by atoms with Crippen molar-refractivity contribution in [2.75, 3.05) is 6.61 Å². The number of nitrogens with zero attached hydrogens (tertiary/aromatic N) is 1. The van der Waals surface area contributed by atoms with Crippen molar-refractivity contribution in [2.45, 2.75) is 19.9 Å². The molecule has 5 nitrogen and oxygen atoms in total. The normalized spacial score (nSPS) is 12.8. The second kappa shape index (κ2) is 8.31. The Hall–Kier alpha value is -3.06. The van der Waals surface area contributed by atoms with E-state index in [1.165, 1.54) is 24.3 Å². The van der Waals surface area contributed by atoms with Gasteiger partial charge in [0.15, 0.2) is 0 Å². The van der Waals surface area contributed by atoms with E-state index in [-0.39, 0.29) is 23.9 Å². The molecule has 0 aliphatic heterocycles. The zero-order chi connectivity index (χ0) is 20.3. The molecule has 0 bridgehead atoms. The van der Waals surface area contributed by atoms with E-state index in [0.717, 1.165) is 0 Å². The van der Waals surface area contributed by atoms with Gasteiger partial charge in [0.25, 0.3) is 5.91 Å². The van der Waals surface area contributed by atoms with Crippen LogP contribution in [0.5, 0.6) is 0 Å². The molecule has 1 atom stereocenters. The maximum Gasteiger partial charge on any atom is 0.254 e. The molecule has 3 N–H and O–H groups in total. The van der Waals surface area contributed by atoms with Gasteiger partial charge in [0.2, 0.25) is 0 Å². The number of aromatic nitrogens is 2. The largest absolute Gasteiger partial charge is 0.394 e. The Morgan fingerprint density at radius 3 is 2.71 bits per heavy atom. The Balaban J connectivity index is 1.93. The molecule has 0 fully saturated rings. The molecule has 1 aromatic heterocycles. The highest BCUT2D eigenvalue weighted by Crippen LogP contribution is 2.23. The minimum Gasteiger partial charge on any atom is -0.394 e. The van der Waals surface area contributed by atoms with Crippen molar-refractivity contribution < 1.29 is 18.7 Å². The van der Waals surface area contributed by atoms with Crippen molar-refractivity contribution in [3.63, 3.8) is 0 Å². The predicted molar refractivity (Wildman–Crippen MR) is 105 cm³/mol. The number of hydrogen-bond donors (Lipinski definition) is 3. The van der Waals surface area contributed by atoms with Crippen molar-refractivity contribution in [2.24, 2.45) is 5.92 Å². The van der Waals surface area contributed by atoms with Crippen LogP contribution < -0.4 is 5.32 Å². The summed E-state index contributed by atoms with van der Waals surface area (Å²) < 4.78 is 27.7. The Morgan fingerprint density at radius 1 is 1.25 bits per heavy atom. The molecule has 146 valence electrons. The number of aliphatic hydroxyl groups is 1. The summed E-state index contributed by atoms with van der Waals surface area (Å²) in [5.74, 6) is -1.64. The number of carbonyl (C=O) groups excluding carboxylic acids is 1. The third-order valence-electron chi connectivity index (χ3n) is 4.52. The molecule has 0 saturated carbocycles. The van der Waals surface area contributed by atoms with Gasteiger partial charge >= 0.3 is 0 Å². The van der Waals surface area contributed by atoms with Crippen LogP contribution in [0.25, 0.3) is 23.1 Å². The number of amides is 1. The monoisotopic (exact) mass is 385 g/mol. The fraction of sp³-hybridized carbons (Fsp3) is 0.238. The van der Waals surface area contributed by atoms with E-state index >= 15 is 0 Å². The Kier molecular flexibility index (Phi) is 5.84. The fourth-order valence-electron chi connectivity index (χ4n) is 2.81. The molecule has 0 aliphatic rings. The standard InChI is InChI=1S/C21H21F2N3O2/c1-12(2)20(11-27)24-21(28)15-9-16-18(25-26-19(16)10-17(15)23)7-6-13-4-3-5-14(22)8-13/h3-10,12,20,27H,11H2,1-2H3,(H,24,28)(H,25,26)/t20-/m1/s1. The Labute approximate surface area is 161 Å². The lowest BCUT2D eigenvalue weighted by Gasteiger charge is -2.20. The number of nitrogens with one attached hydrogen (secondary N) is 2. The van der Waals surface area contributed by atoms with Crippen LogP contribution in [0.3, 0.4) is 0 Å². The van der Waals surface area contributed by atoms with E-state index in [2.05, 4.69) is 15.5 Å². The molecule has 1 amide bonds. The highest BCUT2D eigenvalue weighted by molar-refractivity contribution is 6.00. The van der Waals surface area contributed by atoms with Crippen molar-refractivity contribution >= 4 is 29.0 Å². The number of rotatable bonds is 6. The number of fused-ring (bicyclic) bond motifs is 1. The molecule has 1 heterocycles.